The van der Waals surface area contributed by atoms with E-state index in [0.717, 1.165) is 23.9 Å². The third kappa shape index (κ3) is 6.10. The molecule has 0 saturated carbocycles. The standard InChI is InChI=1S/C25H16F4N2O3S2/c26-17-7-9-19(10-8-17)31-23(33)21(36-24(31)35)12-15-3-1-6-20(11-15)34-14-22(32)30-18-5-2-4-16(13-18)25(27,28)29/h1-13H,14H2,(H,30,32)/b21-12-. The van der Waals surface area contributed by atoms with Crippen molar-refractivity contribution in [2.24, 2.45) is 0 Å². The number of alkyl halides is 3. The minimum Gasteiger partial charge on any atom is -0.484 e. The molecule has 1 aliphatic rings. The Labute approximate surface area is 212 Å². The van der Waals surface area contributed by atoms with Crippen molar-refractivity contribution < 1.29 is 31.9 Å². The van der Waals surface area contributed by atoms with Crippen LogP contribution < -0.4 is 15.0 Å². The maximum atomic E-state index is 13.2. The van der Waals surface area contributed by atoms with E-state index in [4.69, 9.17) is 17.0 Å². The third-order valence-corrected chi connectivity index (χ3v) is 6.18. The molecule has 3 aromatic rings. The number of hydrogen-bond donors (Lipinski definition) is 1. The Morgan fingerprint density at radius 2 is 1.78 bits per heavy atom. The van der Waals surface area contributed by atoms with Crippen molar-refractivity contribution >= 4 is 57.6 Å². The molecule has 36 heavy (non-hydrogen) atoms. The number of amides is 2. The molecule has 4 rings (SSSR count). The van der Waals surface area contributed by atoms with Crippen molar-refractivity contribution in [1.82, 2.24) is 0 Å². The van der Waals surface area contributed by atoms with E-state index in [1.54, 1.807) is 30.3 Å². The molecule has 1 N–H and O–H groups in total. The van der Waals surface area contributed by atoms with Crippen LogP contribution in [0.1, 0.15) is 11.1 Å². The second-order valence-electron chi connectivity index (χ2n) is 7.48. The van der Waals surface area contributed by atoms with Crippen LogP contribution in [-0.4, -0.2) is 22.7 Å². The van der Waals surface area contributed by atoms with Crippen LogP contribution in [0.25, 0.3) is 6.08 Å². The van der Waals surface area contributed by atoms with Gasteiger partial charge in [-0.05, 0) is 66.2 Å². The molecule has 0 bridgehead atoms. The molecule has 0 aliphatic carbocycles. The highest BCUT2D eigenvalue weighted by atomic mass is 32.2. The number of benzene rings is 3. The first-order chi connectivity index (χ1) is 17.1. The van der Waals surface area contributed by atoms with E-state index in [1.165, 1.54) is 41.3 Å². The van der Waals surface area contributed by atoms with Gasteiger partial charge in [0.2, 0.25) is 0 Å². The number of carbonyl (C=O) groups is 2. The molecule has 2 amide bonds. The molecule has 1 fully saturated rings. The molecular formula is C25H16F4N2O3S2. The summed E-state index contributed by atoms with van der Waals surface area (Å²) in [6, 6.07) is 16.3. The number of carbonyl (C=O) groups excluding carboxylic acids is 2. The maximum absolute atomic E-state index is 13.2. The molecule has 0 atom stereocenters. The van der Waals surface area contributed by atoms with Gasteiger partial charge in [-0.3, -0.25) is 14.5 Å². The minimum atomic E-state index is -4.52. The van der Waals surface area contributed by atoms with Crippen molar-refractivity contribution in [2.75, 3.05) is 16.8 Å². The number of nitrogens with one attached hydrogen (secondary N) is 1. The molecule has 184 valence electrons. The zero-order valence-electron chi connectivity index (χ0n) is 18.2. The Kier molecular flexibility index (Phi) is 7.41. The maximum Gasteiger partial charge on any atom is 0.416 e. The lowest BCUT2D eigenvalue weighted by atomic mass is 10.2. The van der Waals surface area contributed by atoms with Crippen LogP contribution in [0.3, 0.4) is 0 Å². The highest BCUT2D eigenvalue weighted by Gasteiger charge is 2.33. The monoisotopic (exact) mass is 532 g/mol. The summed E-state index contributed by atoms with van der Waals surface area (Å²) in [4.78, 5) is 26.7. The van der Waals surface area contributed by atoms with Gasteiger partial charge in [-0.1, -0.05) is 42.2 Å². The fraction of sp³-hybridized carbons (Fsp3) is 0.0800. The predicted molar refractivity (Wildman–Crippen MR) is 134 cm³/mol. The number of thiocarbonyl (C=S) groups is 1. The molecule has 0 radical (unpaired) electrons. The summed E-state index contributed by atoms with van der Waals surface area (Å²) in [7, 11) is 0. The molecule has 1 saturated heterocycles. The molecule has 0 aromatic heterocycles. The zero-order valence-corrected chi connectivity index (χ0v) is 19.8. The van der Waals surface area contributed by atoms with Crippen molar-refractivity contribution in [3.63, 3.8) is 0 Å². The minimum absolute atomic E-state index is 0.00430. The lowest BCUT2D eigenvalue weighted by Crippen LogP contribution is -2.27. The highest BCUT2D eigenvalue weighted by molar-refractivity contribution is 8.27. The van der Waals surface area contributed by atoms with Crippen molar-refractivity contribution in [2.45, 2.75) is 6.18 Å². The van der Waals surface area contributed by atoms with E-state index in [1.807, 2.05) is 0 Å². The fourth-order valence-electron chi connectivity index (χ4n) is 3.25. The molecule has 1 heterocycles. The number of halogens is 4. The summed E-state index contributed by atoms with van der Waals surface area (Å²) in [6.07, 6.45) is -2.91. The van der Waals surface area contributed by atoms with Gasteiger partial charge >= 0.3 is 6.18 Å². The van der Waals surface area contributed by atoms with Crippen LogP contribution in [0, 0.1) is 5.82 Å². The highest BCUT2D eigenvalue weighted by Crippen LogP contribution is 2.36. The average Bonchev–Trinajstić information content (AvgIpc) is 3.11. The van der Waals surface area contributed by atoms with Gasteiger partial charge in [-0.25, -0.2) is 4.39 Å². The largest absolute Gasteiger partial charge is 0.484 e. The Hall–Kier alpha value is -3.70. The van der Waals surface area contributed by atoms with Gasteiger partial charge in [0, 0.05) is 5.69 Å². The third-order valence-electron chi connectivity index (χ3n) is 4.88. The Bertz CT molecular complexity index is 1360. The number of nitrogens with zero attached hydrogens (tertiary/aromatic N) is 1. The number of ether oxygens (including phenoxy) is 1. The van der Waals surface area contributed by atoms with E-state index < -0.39 is 30.1 Å². The fourth-order valence-corrected chi connectivity index (χ4v) is 4.54. The van der Waals surface area contributed by atoms with Crippen LogP contribution in [0.2, 0.25) is 0 Å². The quantitative estimate of drug-likeness (QED) is 0.231. The Morgan fingerprint density at radius 3 is 2.50 bits per heavy atom. The Balaban J connectivity index is 1.40. The molecule has 1 aliphatic heterocycles. The average molecular weight is 533 g/mol. The second-order valence-corrected chi connectivity index (χ2v) is 9.16. The van der Waals surface area contributed by atoms with Gasteiger partial charge in [0.1, 0.15) is 11.6 Å². The molecule has 0 unspecified atom stereocenters. The SMILES string of the molecule is O=C(COc1cccc(/C=C2\SC(=S)N(c3ccc(F)cc3)C2=O)c1)Nc1cccc(C(F)(F)F)c1. The van der Waals surface area contributed by atoms with Crippen molar-refractivity contribution in [3.8, 4) is 5.75 Å². The van der Waals surface area contributed by atoms with E-state index in [0.29, 0.717) is 26.2 Å². The summed E-state index contributed by atoms with van der Waals surface area (Å²) in [5.74, 6) is -1.11. The van der Waals surface area contributed by atoms with E-state index in [9.17, 15) is 27.2 Å². The van der Waals surface area contributed by atoms with E-state index >= 15 is 0 Å². The summed E-state index contributed by atoms with van der Waals surface area (Å²) < 4.78 is 57.5. The smallest absolute Gasteiger partial charge is 0.416 e. The second kappa shape index (κ2) is 10.5. The van der Waals surface area contributed by atoms with Gasteiger partial charge in [-0.15, -0.1) is 0 Å². The van der Waals surface area contributed by atoms with Gasteiger partial charge in [0.05, 0.1) is 16.2 Å². The molecule has 3 aromatic carbocycles. The first-order valence-corrected chi connectivity index (χ1v) is 11.6. The van der Waals surface area contributed by atoms with Crippen LogP contribution in [0.15, 0.2) is 77.7 Å². The van der Waals surface area contributed by atoms with Crippen LogP contribution in [-0.2, 0) is 15.8 Å². The summed E-state index contributed by atoms with van der Waals surface area (Å²) in [5, 5.41) is 2.37. The van der Waals surface area contributed by atoms with E-state index in [2.05, 4.69) is 5.32 Å². The van der Waals surface area contributed by atoms with Gasteiger partial charge in [0.25, 0.3) is 11.8 Å². The van der Waals surface area contributed by atoms with Crippen LogP contribution in [0.5, 0.6) is 5.75 Å². The first-order valence-electron chi connectivity index (χ1n) is 10.3. The number of hydrogen-bond acceptors (Lipinski definition) is 5. The Morgan fingerprint density at radius 1 is 1.06 bits per heavy atom. The summed E-state index contributed by atoms with van der Waals surface area (Å²) >= 11 is 6.40. The molecule has 0 spiro atoms. The van der Waals surface area contributed by atoms with Crippen LogP contribution >= 0.6 is 24.0 Å². The zero-order chi connectivity index (χ0) is 25.9. The number of anilines is 2. The van der Waals surface area contributed by atoms with Gasteiger partial charge < -0.3 is 10.1 Å². The normalized spacial score (nSPS) is 14.9. The van der Waals surface area contributed by atoms with Gasteiger partial charge in [-0.2, -0.15) is 13.2 Å². The first kappa shape index (κ1) is 25.4. The number of rotatable bonds is 6. The van der Waals surface area contributed by atoms with Crippen molar-refractivity contribution in [1.29, 1.82) is 0 Å². The van der Waals surface area contributed by atoms with Crippen molar-refractivity contribution in [3.05, 3.63) is 94.6 Å². The van der Waals surface area contributed by atoms with Gasteiger partial charge in [0.15, 0.2) is 10.9 Å². The summed E-state index contributed by atoms with van der Waals surface area (Å²) in [6.45, 7) is -0.438. The van der Waals surface area contributed by atoms with Crippen LogP contribution in [0.4, 0.5) is 28.9 Å². The molecule has 11 heteroatoms. The molecular weight excluding hydrogens is 516 g/mol. The lowest BCUT2D eigenvalue weighted by Gasteiger charge is -2.14. The topological polar surface area (TPSA) is 58.6 Å². The summed E-state index contributed by atoms with van der Waals surface area (Å²) in [5.41, 5.74) is 0.172. The number of thioether (sulfide) groups is 1. The predicted octanol–water partition coefficient (Wildman–Crippen LogP) is 6.27. The lowest BCUT2D eigenvalue weighted by molar-refractivity contribution is -0.137. The van der Waals surface area contributed by atoms with E-state index in [-0.39, 0.29) is 11.6 Å². The molecule has 5 nitrogen and oxygen atoms in total.